The fraction of sp³-hybridized carbons (Fsp3) is 0.667. The van der Waals surface area contributed by atoms with Crippen LogP contribution in [0.3, 0.4) is 0 Å². The van der Waals surface area contributed by atoms with Gasteiger partial charge in [-0.05, 0) is 65.6 Å². The van der Waals surface area contributed by atoms with E-state index in [0.717, 1.165) is 18.4 Å². The second-order valence-corrected chi connectivity index (χ2v) is 11.3. The molecule has 8 heteroatoms. The molecule has 0 aromatic heterocycles. The van der Waals surface area contributed by atoms with Crippen LogP contribution in [0.5, 0.6) is 0 Å². The predicted molar refractivity (Wildman–Crippen MR) is 119 cm³/mol. The molecule has 5 rings (SSSR count). The first kappa shape index (κ1) is 22.0. The van der Waals surface area contributed by atoms with Gasteiger partial charge in [-0.2, -0.15) is 0 Å². The minimum absolute atomic E-state index is 0.00465. The van der Waals surface area contributed by atoms with Crippen molar-refractivity contribution in [2.45, 2.75) is 58.2 Å². The third kappa shape index (κ3) is 2.68. The maximum absolute atomic E-state index is 13.5. The Labute approximate surface area is 195 Å². The van der Waals surface area contributed by atoms with Crippen molar-refractivity contribution in [3.05, 3.63) is 23.8 Å². The van der Waals surface area contributed by atoms with Crippen molar-refractivity contribution >= 4 is 38.1 Å². The van der Waals surface area contributed by atoms with E-state index in [1.807, 2.05) is 13.0 Å². The lowest BCUT2D eigenvalue weighted by atomic mass is 9.46. The maximum Gasteiger partial charge on any atom is 0.303 e. The SMILES string of the molecule is CC(=O)OCC(=O)[C@@]12ON=C(Br)[C@@H]1C[C@H]1[C@@H]3CCC4=CC(=O)C=C[C@]4(C)[C@H]3[C@@H](O)C[C@@]12C. The number of ether oxygens (including phenoxy) is 1. The lowest BCUT2D eigenvalue weighted by Gasteiger charge is -2.59. The Morgan fingerprint density at radius 1 is 1.38 bits per heavy atom. The third-order valence-electron chi connectivity index (χ3n) is 9.10. The van der Waals surface area contributed by atoms with Crippen LogP contribution in [0.15, 0.2) is 29.0 Å². The standard InChI is InChI=1S/C24H28BrNO6/c1-12(27)31-11-19(30)24-17(21(25)26-32-24)9-16-15-5-4-13-8-14(28)6-7-22(13,2)20(15)18(29)10-23(16,24)3/h6-8,15-18,20,29H,4-5,9-11H2,1-3H3/t15-,16-,17-,18-,20+,22-,23-,24-/m0/s1. The van der Waals surface area contributed by atoms with Crippen LogP contribution in [0.1, 0.15) is 46.5 Å². The summed E-state index contributed by atoms with van der Waals surface area (Å²) in [7, 11) is 0. The number of aliphatic hydroxyl groups is 1. The highest BCUT2D eigenvalue weighted by Crippen LogP contribution is 2.70. The summed E-state index contributed by atoms with van der Waals surface area (Å²) in [6.45, 7) is 5.05. The number of hydrogen-bond donors (Lipinski definition) is 1. The van der Waals surface area contributed by atoms with E-state index in [9.17, 15) is 19.5 Å². The number of aliphatic hydroxyl groups excluding tert-OH is 1. The Balaban J connectivity index is 1.55. The molecule has 0 radical (unpaired) electrons. The van der Waals surface area contributed by atoms with Crippen LogP contribution in [0.25, 0.3) is 0 Å². The molecule has 1 N–H and O–H groups in total. The molecule has 3 fully saturated rings. The molecule has 0 bridgehead atoms. The van der Waals surface area contributed by atoms with Crippen molar-refractivity contribution in [2.24, 2.45) is 39.7 Å². The van der Waals surface area contributed by atoms with Gasteiger partial charge >= 0.3 is 5.97 Å². The molecule has 0 saturated heterocycles. The number of carbonyl (C=O) groups excluding carboxylic acids is 3. The number of Topliss-reactive ketones (excluding diaryl/α,β-unsaturated/α-hetero) is 1. The molecule has 4 aliphatic carbocycles. The summed E-state index contributed by atoms with van der Waals surface area (Å²) in [5, 5.41) is 15.7. The highest BCUT2D eigenvalue weighted by atomic mass is 79.9. The molecule has 172 valence electrons. The molecule has 5 aliphatic rings. The van der Waals surface area contributed by atoms with E-state index in [1.165, 1.54) is 6.92 Å². The maximum atomic E-state index is 13.5. The van der Waals surface area contributed by atoms with Gasteiger partial charge in [0.25, 0.3) is 0 Å². The zero-order valence-corrected chi connectivity index (χ0v) is 20.1. The van der Waals surface area contributed by atoms with Crippen molar-refractivity contribution < 1.29 is 29.1 Å². The number of carbonyl (C=O) groups is 3. The Hall–Kier alpha value is -1.80. The highest BCUT2D eigenvalue weighted by molar-refractivity contribution is 9.18. The number of ketones is 2. The summed E-state index contributed by atoms with van der Waals surface area (Å²) >= 11 is 3.51. The van der Waals surface area contributed by atoms with Gasteiger partial charge in [0.2, 0.25) is 11.4 Å². The lowest BCUT2D eigenvalue weighted by molar-refractivity contribution is -0.193. The third-order valence-corrected chi connectivity index (χ3v) is 9.80. The van der Waals surface area contributed by atoms with Gasteiger partial charge < -0.3 is 14.7 Å². The lowest BCUT2D eigenvalue weighted by Crippen LogP contribution is -2.63. The van der Waals surface area contributed by atoms with Crippen molar-refractivity contribution in [3.8, 4) is 0 Å². The molecule has 0 aromatic rings. The number of allylic oxidation sites excluding steroid dienone is 4. The van der Waals surface area contributed by atoms with Gasteiger partial charge in [-0.25, -0.2) is 0 Å². The van der Waals surface area contributed by atoms with Gasteiger partial charge in [-0.15, -0.1) is 0 Å². The normalized spacial score (nSPS) is 46.2. The summed E-state index contributed by atoms with van der Waals surface area (Å²) in [6, 6.07) is 0. The van der Waals surface area contributed by atoms with Gasteiger partial charge in [0, 0.05) is 23.7 Å². The van der Waals surface area contributed by atoms with Crippen molar-refractivity contribution in [1.29, 1.82) is 0 Å². The van der Waals surface area contributed by atoms with E-state index in [4.69, 9.17) is 9.57 Å². The molecule has 0 amide bonds. The van der Waals surface area contributed by atoms with E-state index < -0.39 is 23.1 Å². The van der Waals surface area contributed by atoms with Gasteiger partial charge in [0.15, 0.2) is 12.4 Å². The molecule has 0 aromatic carbocycles. The van der Waals surface area contributed by atoms with Crippen molar-refractivity contribution in [1.82, 2.24) is 0 Å². The van der Waals surface area contributed by atoms with Gasteiger partial charge in [-0.1, -0.05) is 30.7 Å². The highest BCUT2D eigenvalue weighted by Gasteiger charge is 2.76. The first-order chi connectivity index (χ1) is 15.0. The van der Waals surface area contributed by atoms with Gasteiger partial charge in [0.05, 0.1) is 12.0 Å². The van der Waals surface area contributed by atoms with Gasteiger partial charge in [0.1, 0.15) is 4.62 Å². The second-order valence-electron chi connectivity index (χ2n) is 10.4. The summed E-state index contributed by atoms with van der Waals surface area (Å²) in [4.78, 5) is 42.8. The van der Waals surface area contributed by atoms with E-state index in [2.05, 4.69) is 28.0 Å². The zero-order chi connectivity index (χ0) is 23.1. The number of oxime groups is 1. The number of halogens is 1. The number of esters is 1. The molecule has 7 nitrogen and oxygen atoms in total. The molecule has 32 heavy (non-hydrogen) atoms. The molecular weight excluding hydrogens is 478 g/mol. The largest absolute Gasteiger partial charge is 0.458 e. The minimum atomic E-state index is -1.27. The average molecular weight is 506 g/mol. The summed E-state index contributed by atoms with van der Waals surface area (Å²) < 4.78 is 5.66. The summed E-state index contributed by atoms with van der Waals surface area (Å²) in [6.07, 6.45) is 7.37. The van der Waals surface area contributed by atoms with Crippen LogP contribution < -0.4 is 0 Å². The van der Waals surface area contributed by atoms with Crippen LogP contribution in [-0.4, -0.2) is 45.6 Å². The second kappa shape index (κ2) is 7.10. The van der Waals surface area contributed by atoms with Crippen LogP contribution in [-0.2, 0) is 24.0 Å². The zero-order valence-electron chi connectivity index (χ0n) is 18.5. The van der Waals surface area contributed by atoms with Crippen LogP contribution in [0.2, 0.25) is 0 Å². The number of rotatable bonds is 3. The topological polar surface area (TPSA) is 102 Å². The molecule has 0 unspecified atom stereocenters. The van der Waals surface area contributed by atoms with E-state index in [0.29, 0.717) is 17.5 Å². The first-order valence-corrected chi connectivity index (χ1v) is 12.0. The number of hydrogen-bond acceptors (Lipinski definition) is 7. The van der Waals surface area contributed by atoms with E-state index >= 15 is 0 Å². The Morgan fingerprint density at radius 2 is 2.12 bits per heavy atom. The molecular formula is C24H28BrNO6. The van der Waals surface area contributed by atoms with Crippen LogP contribution in [0.4, 0.5) is 0 Å². The first-order valence-electron chi connectivity index (χ1n) is 11.2. The number of fused-ring (bicyclic) bond motifs is 7. The van der Waals surface area contributed by atoms with E-state index in [-0.39, 0.29) is 47.3 Å². The minimum Gasteiger partial charge on any atom is -0.458 e. The fourth-order valence-electron chi connectivity index (χ4n) is 7.80. The fourth-order valence-corrected chi connectivity index (χ4v) is 8.38. The summed E-state index contributed by atoms with van der Waals surface area (Å²) in [5.41, 5.74) is -1.23. The smallest absolute Gasteiger partial charge is 0.303 e. The quantitative estimate of drug-likeness (QED) is 0.591. The predicted octanol–water partition coefficient (Wildman–Crippen LogP) is 3.10. The molecule has 1 heterocycles. The van der Waals surface area contributed by atoms with Crippen LogP contribution >= 0.6 is 15.9 Å². The summed E-state index contributed by atoms with van der Waals surface area (Å²) in [5.74, 6) is -0.862. The van der Waals surface area contributed by atoms with Crippen molar-refractivity contribution in [2.75, 3.05) is 6.61 Å². The van der Waals surface area contributed by atoms with E-state index in [1.54, 1.807) is 12.2 Å². The molecule has 8 atom stereocenters. The Bertz CT molecular complexity index is 1000. The average Bonchev–Trinajstić information content (AvgIpc) is 3.19. The molecule has 3 saturated carbocycles. The van der Waals surface area contributed by atoms with Gasteiger partial charge in [-0.3, -0.25) is 14.4 Å². The monoisotopic (exact) mass is 505 g/mol. The Kier molecular flexibility index (Phi) is 4.88. The molecule has 1 aliphatic heterocycles. The number of nitrogens with zero attached hydrogens (tertiary/aromatic N) is 1. The van der Waals surface area contributed by atoms with Crippen LogP contribution in [0, 0.1) is 34.5 Å². The van der Waals surface area contributed by atoms with Crippen molar-refractivity contribution in [3.63, 3.8) is 0 Å². The Morgan fingerprint density at radius 3 is 2.84 bits per heavy atom. The molecule has 0 spiro atoms.